The minimum atomic E-state index is -0.427. The molecular weight excluding hydrogens is 204 g/mol. The Balaban J connectivity index is 1.89. The Hall–Kier alpha value is -0.830. The summed E-state index contributed by atoms with van der Waals surface area (Å²) in [6.45, 7) is 0. The number of hydrogen-bond acceptors (Lipinski definition) is 3. The lowest BCUT2D eigenvalue weighted by atomic mass is 9.52. The zero-order valence-corrected chi connectivity index (χ0v) is 9.61. The molecule has 4 aliphatic carbocycles. The van der Waals surface area contributed by atoms with Crippen molar-refractivity contribution in [2.75, 3.05) is 7.11 Å². The summed E-state index contributed by atoms with van der Waals surface area (Å²) in [4.78, 5) is 11.3. The normalized spacial score (nSPS) is 44.6. The van der Waals surface area contributed by atoms with Gasteiger partial charge in [0.15, 0.2) is 0 Å². The molecule has 4 saturated carbocycles. The number of allylic oxidation sites excluding steroid dienone is 1. The summed E-state index contributed by atoms with van der Waals surface area (Å²) in [5, 5.41) is 10.4. The second-order valence-corrected chi connectivity index (χ2v) is 5.74. The lowest BCUT2D eigenvalue weighted by molar-refractivity contribution is -0.135. The first-order valence-electron chi connectivity index (χ1n) is 6.11. The second kappa shape index (κ2) is 3.33. The number of methoxy groups -OCH3 is 1. The van der Waals surface area contributed by atoms with Gasteiger partial charge in [-0.05, 0) is 49.9 Å². The molecule has 16 heavy (non-hydrogen) atoms. The molecule has 0 aromatic heterocycles. The molecule has 88 valence electrons. The molecule has 0 aromatic rings. The van der Waals surface area contributed by atoms with E-state index in [1.54, 1.807) is 6.08 Å². The number of aliphatic hydroxyl groups is 1. The van der Waals surface area contributed by atoms with Crippen LogP contribution in [0.15, 0.2) is 11.6 Å². The molecule has 3 heteroatoms. The molecule has 0 radical (unpaired) electrons. The quantitative estimate of drug-likeness (QED) is 0.542. The van der Waals surface area contributed by atoms with Crippen LogP contribution in [0.25, 0.3) is 0 Å². The topological polar surface area (TPSA) is 46.5 Å². The van der Waals surface area contributed by atoms with Crippen molar-refractivity contribution in [2.24, 2.45) is 17.8 Å². The van der Waals surface area contributed by atoms with Gasteiger partial charge in [-0.2, -0.15) is 0 Å². The number of carbonyl (C=O) groups is 1. The fourth-order valence-electron chi connectivity index (χ4n) is 4.21. The van der Waals surface area contributed by atoms with E-state index in [9.17, 15) is 9.90 Å². The van der Waals surface area contributed by atoms with Gasteiger partial charge < -0.3 is 9.84 Å². The highest BCUT2D eigenvalue weighted by molar-refractivity contribution is 5.83. The molecule has 2 atom stereocenters. The summed E-state index contributed by atoms with van der Waals surface area (Å²) in [6.07, 6.45) is 6.66. The Kier molecular flexibility index (Phi) is 2.15. The lowest BCUT2D eigenvalue weighted by Crippen LogP contribution is -2.51. The van der Waals surface area contributed by atoms with Crippen molar-refractivity contribution >= 4 is 5.97 Å². The van der Waals surface area contributed by atoms with Gasteiger partial charge in [0.2, 0.25) is 0 Å². The molecule has 4 aliphatic rings. The Bertz CT molecular complexity index is 340. The van der Waals surface area contributed by atoms with Crippen LogP contribution in [-0.4, -0.2) is 23.8 Å². The van der Waals surface area contributed by atoms with E-state index in [-0.39, 0.29) is 5.97 Å². The molecule has 0 spiro atoms. The molecule has 3 nitrogen and oxygen atoms in total. The molecule has 4 rings (SSSR count). The highest BCUT2D eigenvalue weighted by Gasteiger charge is 2.52. The third-order valence-corrected chi connectivity index (χ3v) is 4.59. The van der Waals surface area contributed by atoms with E-state index in [0.717, 1.165) is 32.1 Å². The first kappa shape index (κ1) is 10.3. The van der Waals surface area contributed by atoms with Crippen LogP contribution in [-0.2, 0) is 9.53 Å². The van der Waals surface area contributed by atoms with Crippen LogP contribution in [0.1, 0.15) is 32.1 Å². The van der Waals surface area contributed by atoms with Gasteiger partial charge in [-0.15, -0.1) is 0 Å². The number of esters is 1. The summed E-state index contributed by atoms with van der Waals surface area (Å²) in [7, 11) is 1.42. The SMILES string of the molecule is COC(=O)C=C1C2CC3CC1CC(O)(C3)C2. The average molecular weight is 222 g/mol. The van der Waals surface area contributed by atoms with E-state index in [0.29, 0.717) is 17.8 Å². The molecule has 0 heterocycles. The number of ether oxygens (including phenoxy) is 1. The molecule has 2 unspecified atom stereocenters. The van der Waals surface area contributed by atoms with Crippen LogP contribution < -0.4 is 0 Å². The van der Waals surface area contributed by atoms with Gasteiger partial charge in [-0.25, -0.2) is 4.79 Å². The van der Waals surface area contributed by atoms with Crippen LogP contribution in [0.4, 0.5) is 0 Å². The van der Waals surface area contributed by atoms with Gasteiger partial charge in [0.25, 0.3) is 0 Å². The molecule has 1 N–H and O–H groups in total. The molecule has 0 amide bonds. The van der Waals surface area contributed by atoms with Gasteiger partial charge in [0.1, 0.15) is 0 Å². The smallest absolute Gasteiger partial charge is 0.330 e. The Labute approximate surface area is 95.5 Å². The highest BCUT2D eigenvalue weighted by atomic mass is 16.5. The minimum Gasteiger partial charge on any atom is -0.466 e. The number of rotatable bonds is 1. The van der Waals surface area contributed by atoms with Crippen LogP contribution in [0.3, 0.4) is 0 Å². The molecule has 0 aromatic carbocycles. The maximum Gasteiger partial charge on any atom is 0.330 e. The summed E-state index contributed by atoms with van der Waals surface area (Å²) in [5.41, 5.74) is 0.816. The van der Waals surface area contributed by atoms with Gasteiger partial charge in [0, 0.05) is 6.08 Å². The molecule has 0 aliphatic heterocycles. The number of hydrogen-bond donors (Lipinski definition) is 1. The van der Waals surface area contributed by atoms with E-state index in [1.807, 2.05) is 0 Å². The van der Waals surface area contributed by atoms with Crippen LogP contribution >= 0.6 is 0 Å². The summed E-state index contributed by atoms with van der Waals surface area (Å²) >= 11 is 0. The molecule has 4 bridgehead atoms. The standard InChI is InChI=1S/C13H18O3/c1-16-12(14)4-11-9-2-8-3-10(11)7-13(15,5-8)6-9/h4,8-10,15H,2-3,5-7H2,1H3. The van der Waals surface area contributed by atoms with Crippen molar-refractivity contribution in [2.45, 2.75) is 37.7 Å². The summed E-state index contributed by atoms with van der Waals surface area (Å²) in [6, 6.07) is 0. The zero-order chi connectivity index (χ0) is 11.3. The van der Waals surface area contributed by atoms with Gasteiger partial charge in [-0.3, -0.25) is 0 Å². The van der Waals surface area contributed by atoms with E-state index in [4.69, 9.17) is 4.74 Å². The van der Waals surface area contributed by atoms with Crippen LogP contribution in [0.2, 0.25) is 0 Å². The van der Waals surface area contributed by atoms with E-state index >= 15 is 0 Å². The third kappa shape index (κ3) is 1.49. The second-order valence-electron chi connectivity index (χ2n) is 5.74. The van der Waals surface area contributed by atoms with Crippen molar-refractivity contribution < 1.29 is 14.6 Å². The predicted molar refractivity (Wildman–Crippen MR) is 58.6 cm³/mol. The molecule has 4 fully saturated rings. The first-order valence-corrected chi connectivity index (χ1v) is 6.11. The first-order chi connectivity index (χ1) is 7.59. The van der Waals surface area contributed by atoms with Crippen molar-refractivity contribution in [3.05, 3.63) is 11.6 Å². The Morgan fingerprint density at radius 1 is 1.38 bits per heavy atom. The fourth-order valence-corrected chi connectivity index (χ4v) is 4.21. The average Bonchev–Trinajstić information content (AvgIpc) is 2.20. The maximum atomic E-state index is 11.3. The van der Waals surface area contributed by atoms with Crippen LogP contribution in [0, 0.1) is 17.8 Å². The van der Waals surface area contributed by atoms with Gasteiger partial charge in [0.05, 0.1) is 12.7 Å². The van der Waals surface area contributed by atoms with E-state index in [2.05, 4.69) is 0 Å². The highest BCUT2D eigenvalue weighted by Crippen LogP contribution is 2.57. The van der Waals surface area contributed by atoms with Crippen molar-refractivity contribution in [1.29, 1.82) is 0 Å². The van der Waals surface area contributed by atoms with Gasteiger partial charge >= 0.3 is 5.97 Å². The van der Waals surface area contributed by atoms with Crippen LogP contribution in [0.5, 0.6) is 0 Å². The number of carbonyl (C=O) groups excluding carboxylic acids is 1. The Morgan fingerprint density at radius 2 is 2.00 bits per heavy atom. The van der Waals surface area contributed by atoms with E-state index < -0.39 is 5.60 Å². The monoisotopic (exact) mass is 222 g/mol. The van der Waals surface area contributed by atoms with Crippen molar-refractivity contribution in [1.82, 2.24) is 0 Å². The molecular formula is C13H18O3. The van der Waals surface area contributed by atoms with Crippen molar-refractivity contribution in [3.8, 4) is 0 Å². The lowest BCUT2D eigenvalue weighted by Gasteiger charge is -2.55. The predicted octanol–water partition coefficient (Wildman–Crippen LogP) is 1.66. The minimum absolute atomic E-state index is 0.241. The summed E-state index contributed by atoms with van der Waals surface area (Å²) < 4.78 is 4.70. The fraction of sp³-hybridized carbons (Fsp3) is 0.769. The van der Waals surface area contributed by atoms with Gasteiger partial charge in [-0.1, -0.05) is 5.57 Å². The maximum absolute atomic E-state index is 11.3. The molecule has 0 saturated heterocycles. The Morgan fingerprint density at radius 3 is 2.50 bits per heavy atom. The van der Waals surface area contributed by atoms with E-state index in [1.165, 1.54) is 12.7 Å². The van der Waals surface area contributed by atoms with Crippen molar-refractivity contribution in [3.63, 3.8) is 0 Å². The zero-order valence-electron chi connectivity index (χ0n) is 9.61. The third-order valence-electron chi connectivity index (χ3n) is 4.59. The largest absolute Gasteiger partial charge is 0.466 e. The summed E-state index contributed by atoms with van der Waals surface area (Å²) in [5.74, 6) is 1.29.